The molecule has 0 radical (unpaired) electrons. The van der Waals surface area contributed by atoms with Crippen molar-refractivity contribution in [1.82, 2.24) is 15.3 Å². The standard InChI is InChI=1S/C31H25FN4O3/c1-18-3-6-21(29(38)36-31(11-12-31)30-34-13-2-14-35-30)17-23(18)20-7-10-25-24(16-20)27(28(33)37)26(39-25)15-19-4-8-22(32)9-5-19/h2-10,13-14,16-17H,11-12,15H2,1H3,(H2,33,37)(H,36,38). The van der Waals surface area contributed by atoms with Gasteiger partial charge in [0.15, 0.2) is 5.82 Å². The van der Waals surface area contributed by atoms with Crippen molar-refractivity contribution in [2.75, 3.05) is 0 Å². The number of furan rings is 1. The molecule has 39 heavy (non-hydrogen) atoms. The van der Waals surface area contributed by atoms with Crippen molar-refractivity contribution in [3.05, 3.63) is 119 Å². The summed E-state index contributed by atoms with van der Waals surface area (Å²) in [6.07, 6.45) is 5.22. The fourth-order valence-corrected chi connectivity index (χ4v) is 4.94. The molecule has 8 heteroatoms. The molecule has 0 spiro atoms. The minimum Gasteiger partial charge on any atom is -0.460 e. The quantitative estimate of drug-likeness (QED) is 0.297. The highest BCUT2D eigenvalue weighted by Gasteiger charge is 2.48. The van der Waals surface area contributed by atoms with Gasteiger partial charge in [-0.1, -0.05) is 24.3 Å². The summed E-state index contributed by atoms with van der Waals surface area (Å²) in [4.78, 5) is 34.4. The van der Waals surface area contributed by atoms with E-state index in [0.29, 0.717) is 40.1 Å². The zero-order valence-corrected chi connectivity index (χ0v) is 21.2. The number of aryl methyl sites for hydroxylation is 1. The zero-order chi connectivity index (χ0) is 27.1. The topological polar surface area (TPSA) is 111 Å². The number of primary amides is 1. The molecule has 0 atom stereocenters. The number of benzene rings is 3. The highest BCUT2D eigenvalue weighted by atomic mass is 19.1. The number of carbonyl (C=O) groups excluding carboxylic acids is 2. The molecule has 5 aromatic rings. The van der Waals surface area contributed by atoms with Crippen LogP contribution in [0, 0.1) is 12.7 Å². The van der Waals surface area contributed by atoms with E-state index in [-0.39, 0.29) is 11.7 Å². The monoisotopic (exact) mass is 520 g/mol. The Hall–Kier alpha value is -4.85. The van der Waals surface area contributed by atoms with Crippen LogP contribution in [0.5, 0.6) is 0 Å². The molecule has 1 aliphatic rings. The molecule has 0 bridgehead atoms. The minimum atomic E-state index is -0.606. The number of hydrogen-bond donors (Lipinski definition) is 2. The molecule has 1 fully saturated rings. The number of fused-ring (bicyclic) bond motifs is 1. The maximum Gasteiger partial charge on any atom is 0.252 e. The lowest BCUT2D eigenvalue weighted by molar-refractivity contribution is 0.0927. The normalized spacial score (nSPS) is 13.8. The van der Waals surface area contributed by atoms with E-state index < -0.39 is 11.4 Å². The van der Waals surface area contributed by atoms with E-state index in [9.17, 15) is 14.0 Å². The number of halogens is 1. The Labute approximate surface area is 223 Å². The maximum absolute atomic E-state index is 13.4. The number of amides is 2. The van der Waals surface area contributed by atoms with E-state index in [1.165, 1.54) is 12.1 Å². The molecule has 2 amide bonds. The predicted octanol–water partition coefficient (Wildman–Crippen LogP) is 5.45. The summed E-state index contributed by atoms with van der Waals surface area (Å²) in [6.45, 7) is 1.96. The number of nitrogens with two attached hydrogens (primary N) is 1. The zero-order valence-electron chi connectivity index (χ0n) is 21.2. The van der Waals surface area contributed by atoms with Crippen molar-refractivity contribution < 1.29 is 18.4 Å². The van der Waals surface area contributed by atoms with Crippen LogP contribution in [-0.2, 0) is 12.0 Å². The molecule has 2 heterocycles. The highest BCUT2D eigenvalue weighted by molar-refractivity contribution is 6.07. The van der Waals surface area contributed by atoms with Crippen LogP contribution in [-0.4, -0.2) is 21.8 Å². The molecule has 0 saturated heterocycles. The first-order valence-corrected chi connectivity index (χ1v) is 12.6. The van der Waals surface area contributed by atoms with E-state index in [2.05, 4.69) is 15.3 Å². The predicted molar refractivity (Wildman–Crippen MR) is 145 cm³/mol. The Morgan fingerprint density at radius 1 is 1.03 bits per heavy atom. The van der Waals surface area contributed by atoms with E-state index in [1.807, 2.05) is 31.2 Å². The smallest absolute Gasteiger partial charge is 0.252 e. The molecule has 194 valence electrons. The lowest BCUT2D eigenvalue weighted by Gasteiger charge is -2.16. The fourth-order valence-electron chi connectivity index (χ4n) is 4.94. The van der Waals surface area contributed by atoms with Crippen molar-refractivity contribution in [2.45, 2.75) is 31.7 Å². The van der Waals surface area contributed by atoms with Gasteiger partial charge in [-0.15, -0.1) is 0 Å². The first kappa shape index (κ1) is 24.5. The summed E-state index contributed by atoms with van der Waals surface area (Å²) in [5.41, 5.74) is 10.00. The van der Waals surface area contributed by atoms with Crippen molar-refractivity contribution in [3.8, 4) is 11.1 Å². The number of rotatable bonds is 7. The van der Waals surface area contributed by atoms with Gasteiger partial charge in [-0.25, -0.2) is 14.4 Å². The first-order chi connectivity index (χ1) is 18.8. The van der Waals surface area contributed by atoms with Crippen LogP contribution in [0.2, 0.25) is 0 Å². The summed E-state index contributed by atoms with van der Waals surface area (Å²) < 4.78 is 19.4. The highest BCUT2D eigenvalue weighted by Crippen LogP contribution is 2.44. The Morgan fingerprint density at radius 2 is 1.77 bits per heavy atom. The number of aromatic nitrogens is 2. The summed E-state index contributed by atoms with van der Waals surface area (Å²) in [7, 11) is 0. The second kappa shape index (κ2) is 9.47. The van der Waals surface area contributed by atoms with Crippen LogP contribution in [0.3, 0.4) is 0 Å². The molecule has 1 saturated carbocycles. The Kier molecular flexibility index (Phi) is 5.95. The number of nitrogens with one attached hydrogen (secondary N) is 1. The van der Waals surface area contributed by atoms with Gasteiger partial charge >= 0.3 is 0 Å². The summed E-state index contributed by atoms with van der Waals surface area (Å²) in [5, 5.41) is 3.71. The molecular weight excluding hydrogens is 495 g/mol. The van der Waals surface area contributed by atoms with Crippen LogP contribution in [0.25, 0.3) is 22.1 Å². The van der Waals surface area contributed by atoms with Crippen LogP contribution in [0.15, 0.2) is 83.5 Å². The van der Waals surface area contributed by atoms with Crippen LogP contribution in [0.1, 0.15) is 56.3 Å². The van der Waals surface area contributed by atoms with Gasteiger partial charge in [0.2, 0.25) is 0 Å². The molecule has 2 aromatic heterocycles. The van der Waals surface area contributed by atoms with E-state index in [0.717, 1.165) is 35.1 Å². The van der Waals surface area contributed by atoms with Crippen molar-refractivity contribution in [3.63, 3.8) is 0 Å². The third-order valence-electron chi connectivity index (χ3n) is 7.19. The average Bonchev–Trinajstić information content (AvgIpc) is 3.62. The second-order valence-electron chi connectivity index (χ2n) is 9.92. The second-order valence-corrected chi connectivity index (χ2v) is 9.92. The van der Waals surface area contributed by atoms with Crippen molar-refractivity contribution in [2.24, 2.45) is 5.73 Å². The molecular formula is C31H25FN4O3. The van der Waals surface area contributed by atoms with Gasteiger partial charge in [0.25, 0.3) is 11.8 Å². The Balaban J connectivity index is 1.34. The maximum atomic E-state index is 13.4. The van der Waals surface area contributed by atoms with Gasteiger partial charge in [-0.2, -0.15) is 0 Å². The fraction of sp³-hybridized carbons (Fsp3) is 0.161. The van der Waals surface area contributed by atoms with Crippen LogP contribution >= 0.6 is 0 Å². The van der Waals surface area contributed by atoms with Gasteiger partial charge in [0, 0.05) is 29.8 Å². The van der Waals surface area contributed by atoms with Crippen LogP contribution in [0.4, 0.5) is 4.39 Å². The van der Waals surface area contributed by atoms with Crippen LogP contribution < -0.4 is 11.1 Å². The number of carbonyl (C=O) groups is 2. The van der Waals surface area contributed by atoms with E-state index >= 15 is 0 Å². The van der Waals surface area contributed by atoms with Crippen molar-refractivity contribution in [1.29, 1.82) is 0 Å². The first-order valence-electron chi connectivity index (χ1n) is 12.6. The van der Waals surface area contributed by atoms with Gasteiger partial charge in [0.05, 0.1) is 5.56 Å². The lowest BCUT2D eigenvalue weighted by Crippen LogP contribution is -2.36. The SMILES string of the molecule is Cc1ccc(C(=O)NC2(c3ncccn3)CC2)cc1-c1ccc2oc(Cc3ccc(F)cc3)c(C(N)=O)c2c1. The van der Waals surface area contributed by atoms with E-state index in [4.69, 9.17) is 10.2 Å². The molecule has 7 nitrogen and oxygen atoms in total. The molecule has 3 N–H and O–H groups in total. The molecule has 6 rings (SSSR count). The number of hydrogen-bond acceptors (Lipinski definition) is 5. The van der Waals surface area contributed by atoms with Gasteiger partial charge in [0.1, 0.15) is 22.7 Å². The molecule has 3 aromatic carbocycles. The Morgan fingerprint density at radius 3 is 2.46 bits per heavy atom. The third kappa shape index (κ3) is 4.65. The average molecular weight is 521 g/mol. The summed E-state index contributed by atoms with van der Waals surface area (Å²) in [5.74, 6) is -0.110. The number of nitrogens with zero attached hydrogens (tertiary/aromatic N) is 2. The molecule has 1 aliphatic carbocycles. The molecule has 0 unspecified atom stereocenters. The minimum absolute atomic E-state index is 0.204. The molecule has 0 aliphatic heterocycles. The summed E-state index contributed by atoms with van der Waals surface area (Å²) >= 11 is 0. The Bertz CT molecular complexity index is 1720. The van der Waals surface area contributed by atoms with Gasteiger partial charge < -0.3 is 15.5 Å². The lowest BCUT2D eigenvalue weighted by atomic mass is 9.95. The summed E-state index contributed by atoms with van der Waals surface area (Å²) in [6, 6.07) is 18.9. The largest absolute Gasteiger partial charge is 0.460 e. The third-order valence-corrected chi connectivity index (χ3v) is 7.19. The van der Waals surface area contributed by atoms with Gasteiger partial charge in [-0.3, -0.25) is 9.59 Å². The van der Waals surface area contributed by atoms with Gasteiger partial charge in [-0.05, 0) is 84.5 Å². The van der Waals surface area contributed by atoms with E-state index in [1.54, 1.807) is 42.7 Å². The van der Waals surface area contributed by atoms with Crippen molar-refractivity contribution >= 4 is 22.8 Å².